The van der Waals surface area contributed by atoms with E-state index in [0.717, 1.165) is 43.4 Å². The van der Waals surface area contributed by atoms with Crippen molar-refractivity contribution in [1.29, 1.82) is 0 Å². The molecule has 1 aromatic carbocycles. The van der Waals surface area contributed by atoms with Crippen molar-refractivity contribution in [2.45, 2.75) is 85.0 Å². The summed E-state index contributed by atoms with van der Waals surface area (Å²) < 4.78 is 41.5. The second-order valence-electron chi connectivity index (χ2n) is 8.70. The van der Waals surface area contributed by atoms with Crippen LogP contribution in [0.1, 0.15) is 90.5 Å². The number of carbonyl (C=O) groups excluding carboxylic acids is 1. The van der Waals surface area contributed by atoms with E-state index in [0.29, 0.717) is 32.0 Å². The summed E-state index contributed by atoms with van der Waals surface area (Å²) >= 11 is 0. The Labute approximate surface area is 194 Å². The maximum atomic E-state index is 12.6. The van der Waals surface area contributed by atoms with Gasteiger partial charge in [-0.3, -0.25) is 9.35 Å². The van der Waals surface area contributed by atoms with Crippen molar-refractivity contribution in [3.8, 4) is 5.75 Å². The molecule has 1 aromatic rings. The van der Waals surface area contributed by atoms with Crippen LogP contribution < -0.4 is 4.74 Å². The molecule has 6 nitrogen and oxygen atoms in total. The lowest BCUT2D eigenvalue weighted by atomic mass is 9.89. The Morgan fingerprint density at radius 3 is 2.28 bits per heavy atom. The molecule has 0 heterocycles. The molecule has 0 saturated heterocycles. The summed E-state index contributed by atoms with van der Waals surface area (Å²) in [5.41, 5.74) is 1.14. The molecule has 184 valence electrons. The fourth-order valence-corrected chi connectivity index (χ4v) is 4.25. The molecule has 32 heavy (non-hydrogen) atoms. The number of rotatable bonds is 17. The zero-order valence-corrected chi connectivity index (χ0v) is 21.0. The third kappa shape index (κ3) is 11.9. The van der Waals surface area contributed by atoms with E-state index in [1.807, 2.05) is 31.2 Å². The van der Waals surface area contributed by atoms with Gasteiger partial charge in [0.15, 0.2) is 0 Å². The summed E-state index contributed by atoms with van der Waals surface area (Å²) in [5.74, 6) is 0.961. The first kappa shape index (κ1) is 28.4. The predicted octanol–water partition coefficient (Wildman–Crippen LogP) is 6.01. The van der Waals surface area contributed by atoms with Gasteiger partial charge >= 0.3 is 5.97 Å². The molecular formula is C25H42O6S. The van der Waals surface area contributed by atoms with Crippen molar-refractivity contribution >= 4 is 16.1 Å². The average Bonchev–Trinajstić information content (AvgIpc) is 2.76. The molecule has 0 saturated carbocycles. The molecule has 0 spiro atoms. The zero-order valence-electron chi connectivity index (χ0n) is 20.2. The monoisotopic (exact) mass is 470 g/mol. The smallest absolute Gasteiger partial charge is 0.308 e. The molecular weight excluding hydrogens is 428 g/mol. The number of benzene rings is 1. The fraction of sp³-hybridized carbons (Fsp3) is 0.720. The van der Waals surface area contributed by atoms with Gasteiger partial charge in [-0.1, -0.05) is 59.1 Å². The van der Waals surface area contributed by atoms with Crippen LogP contribution >= 0.6 is 0 Å². The second-order valence-corrected chi connectivity index (χ2v) is 10.3. The fourth-order valence-electron chi connectivity index (χ4n) is 3.68. The van der Waals surface area contributed by atoms with Gasteiger partial charge in [0.2, 0.25) is 0 Å². The number of carbonyl (C=O) groups is 1. The minimum Gasteiger partial charge on any atom is -0.494 e. The summed E-state index contributed by atoms with van der Waals surface area (Å²) in [6, 6.07) is 7.81. The number of hydrogen-bond acceptors (Lipinski definition) is 5. The topological polar surface area (TPSA) is 89.9 Å². The molecule has 0 aliphatic heterocycles. The summed E-state index contributed by atoms with van der Waals surface area (Å²) in [6.45, 7) is 9.41. The number of esters is 1. The van der Waals surface area contributed by atoms with Crippen LogP contribution in [0, 0.1) is 11.8 Å². The number of unbranched alkanes of at least 4 members (excludes halogenated alkanes) is 2. The van der Waals surface area contributed by atoms with Gasteiger partial charge in [-0.25, -0.2) is 0 Å². The van der Waals surface area contributed by atoms with Crippen molar-refractivity contribution in [3.63, 3.8) is 0 Å². The second kappa shape index (κ2) is 15.3. The first-order valence-electron chi connectivity index (χ1n) is 12.0. The van der Waals surface area contributed by atoms with Gasteiger partial charge in [0.1, 0.15) is 5.75 Å². The maximum Gasteiger partial charge on any atom is 0.308 e. The molecule has 1 rings (SSSR count). The quantitative estimate of drug-likeness (QED) is 0.170. The Morgan fingerprint density at radius 2 is 1.72 bits per heavy atom. The van der Waals surface area contributed by atoms with E-state index in [4.69, 9.17) is 14.0 Å². The highest BCUT2D eigenvalue weighted by Crippen LogP contribution is 2.28. The van der Waals surface area contributed by atoms with Gasteiger partial charge < -0.3 is 9.47 Å². The molecule has 0 aromatic heterocycles. The highest BCUT2D eigenvalue weighted by Gasteiger charge is 2.22. The molecule has 1 N–H and O–H groups in total. The van der Waals surface area contributed by atoms with Crippen LogP contribution in [0.5, 0.6) is 5.75 Å². The summed E-state index contributed by atoms with van der Waals surface area (Å²) in [7, 11) is -3.90. The van der Waals surface area contributed by atoms with Crippen LogP contribution in [0.25, 0.3) is 0 Å². The maximum absolute atomic E-state index is 12.6. The third-order valence-electron chi connectivity index (χ3n) is 5.98. The van der Waals surface area contributed by atoms with Crippen LogP contribution in [-0.4, -0.2) is 37.9 Å². The van der Waals surface area contributed by atoms with E-state index in [2.05, 4.69) is 20.8 Å². The van der Waals surface area contributed by atoms with Gasteiger partial charge in [-0.05, 0) is 61.6 Å². The minimum atomic E-state index is -3.90. The van der Waals surface area contributed by atoms with Crippen molar-refractivity contribution in [2.24, 2.45) is 11.8 Å². The normalized spacial score (nSPS) is 14.5. The van der Waals surface area contributed by atoms with Gasteiger partial charge in [-0.2, -0.15) is 8.42 Å². The largest absolute Gasteiger partial charge is 0.494 e. The highest BCUT2D eigenvalue weighted by molar-refractivity contribution is 7.85. The highest BCUT2D eigenvalue weighted by atomic mass is 32.2. The summed E-state index contributed by atoms with van der Waals surface area (Å²) in [4.78, 5) is 12.6. The van der Waals surface area contributed by atoms with Crippen molar-refractivity contribution in [3.05, 3.63) is 29.8 Å². The van der Waals surface area contributed by atoms with Crippen LogP contribution in [0.3, 0.4) is 0 Å². The Hall–Kier alpha value is -1.60. The SMILES string of the molecule is CCCCC(CC)COC(=O)C(CC)CC(C)c1ccc(OCCCCS(=O)(=O)O)cc1. The summed E-state index contributed by atoms with van der Waals surface area (Å²) in [6.07, 6.45) is 6.91. The van der Waals surface area contributed by atoms with Crippen LogP contribution in [0.4, 0.5) is 0 Å². The Morgan fingerprint density at radius 1 is 1.03 bits per heavy atom. The van der Waals surface area contributed by atoms with E-state index < -0.39 is 10.1 Å². The number of ether oxygens (including phenoxy) is 2. The minimum absolute atomic E-state index is 0.0841. The molecule has 7 heteroatoms. The van der Waals surface area contributed by atoms with Gasteiger partial charge in [0.25, 0.3) is 10.1 Å². The molecule has 0 radical (unpaired) electrons. The molecule has 0 aliphatic rings. The van der Waals surface area contributed by atoms with E-state index in [9.17, 15) is 13.2 Å². The van der Waals surface area contributed by atoms with Crippen LogP contribution in [0.2, 0.25) is 0 Å². The Balaban J connectivity index is 2.47. The molecule has 3 atom stereocenters. The predicted molar refractivity (Wildman–Crippen MR) is 129 cm³/mol. The molecule has 0 amide bonds. The standard InChI is InChI=1S/C25H42O6S/c1-5-8-11-21(6-2)19-31-25(26)22(7-3)18-20(4)23-12-14-24(15-13-23)30-16-9-10-17-32(27,28)29/h12-15,20-22H,5-11,16-19H2,1-4H3,(H,27,28,29). The molecule has 0 fully saturated rings. The van der Waals surface area contributed by atoms with Crippen LogP contribution in [-0.2, 0) is 19.6 Å². The van der Waals surface area contributed by atoms with Gasteiger partial charge in [0, 0.05) is 0 Å². The molecule has 0 aliphatic carbocycles. The zero-order chi connectivity index (χ0) is 24.0. The molecule has 0 bridgehead atoms. The lowest BCUT2D eigenvalue weighted by Gasteiger charge is -2.21. The lowest BCUT2D eigenvalue weighted by Crippen LogP contribution is -2.22. The van der Waals surface area contributed by atoms with E-state index in [1.165, 1.54) is 6.42 Å². The van der Waals surface area contributed by atoms with Gasteiger partial charge in [0.05, 0.1) is 24.9 Å². The van der Waals surface area contributed by atoms with E-state index in [-0.39, 0.29) is 23.6 Å². The van der Waals surface area contributed by atoms with E-state index in [1.54, 1.807) is 0 Å². The average molecular weight is 471 g/mol. The van der Waals surface area contributed by atoms with E-state index >= 15 is 0 Å². The van der Waals surface area contributed by atoms with Crippen LogP contribution in [0.15, 0.2) is 24.3 Å². The Kier molecular flexibility index (Phi) is 13.6. The van der Waals surface area contributed by atoms with Gasteiger partial charge in [-0.15, -0.1) is 0 Å². The van der Waals surface area contributed by atoms with Crippen molar-refractivity contribution in [2.75, 3.05) is 19.0 Å². The first-order valence-corrected chi connectivity index (χ1v) is 13.7. The first-order chi connectivity index (χ1) is 15.2. The number of hydrogen-bond donors (Lipinski definition) is 1. The Bertz CT molecular complexity index is 744. The van der Waals surface area contributed by atoms with Crippen molar-refractivity contribution in [1.82, 2.24) is 0 Å². The van der Waals surface area contributed by atoms with Crippen molar-refractivity contribution < 1.29 is 27.2 Å². The summed E-state index contributed by atoms with van der Waals surface area (Å²) in [5, 5.41) is 0. The molecule has 3 unspecified atom stereocenters. The third-order valence-corrected chi connectivity index (χ3v) is 6.79. The lowest BCUT2D eigenvalue weighted by molar-refractivity contribution is -0.150.